The number of unbranched alkanes of at least 4 members (excludes halogenated alkanes) is 6. The van der Waals surface area contributed by atoms with Crippen molar-refractivity contribution in [3.05, 3.63) is 18.0 Å². The number of rotatable bonds is 11. The molecule has 1 aliphatic rings. The molecule has 0 amide bonds. The van der Waals surface area contributed by atoms with Crippen molar-refractivity contribution in [2.75, 3.05) is 19.8 Å². The molecule has 0 saturated carbocycles. The Morgan fingerprint density at radius 3 is 2.38 bits per heavy atom. The molecule has 0 saturated heterocycles. The minimum Gasteiger partial charge on any atom is -0.486 e. The van der Waals surface area contributed by atoms with Crippen LogP contribution in [0.1, 0.15) is 64.1 Å². The number of aromatic nitrogens is 2. The molecule has 1 aromatic heterocycles. The van der Waals surface area contributed by atoms with Gasteiger partial charge in [0.15, 0.2) is 11.5 Å². The molecule has 144 valence electrons. The molecule has 0 radical (unpaired) electrons. The van der Waals surface area contributed by atoms with E-state index in [0.717, 1.165) is 47.7 Å². The molecule has 0 atom stereocenters. The van der Waals surface area contributed by atoms with Crippen LogP contribution >= 0.6 is 0 Å². The Labute approximate surface area is 156 Å². The van der Waals surface area contributed by atoms with Gasteiger partial charge in [0.2, 0.25) is 0 Å². The summed E-state index contributed by atoms with van der Waals surface area (Å²) in [6.07, 6.45) is 11.1. The average Bonchev–Trinajstić information content (AvgIpc) is 3.00. The number of imidazole rings is 1. The predicted molar refractivity (Wildman–Crippen MR) is 106 cm³/mol. The van der Waals surface area contributed by atoms with Crippen LogP contribution in [0, 0.1) is 0 Å². The van der Waals surface area contributed by atoms with Gasteiger partial charge in [0, 0.05) is 25.1 Å². The fourth-order valence-electron chi connectivity index (χ4n) is 3.64. The van der Waals surface area contributed by atoms with Crippen LogP contribution in [0.5, 0.6) is 11.5 Å². The molecule has 0 unspecified atom stereocenters. The van der Waals surface area contributed by atoms with Gasteiger partial charge in [-0.1, -0.05) is 45.4 Å². The van der Waals surface area contributed by atoms with Crippen LogP contribution in [-0.4, -0.2) is 29.3 Å². The van der Waals surface area contributed by atoms with Gasteiger partial charge in [0.25, 0.3) is 0 Å². The van der Waals surface area contributed by atoms with E-state index in [1.54, 1.807) is 0 Å². The van der Waals surface area contributed by atoms with Crippen molar-refractivity contribution in [1.29, 1.82) is 0 Å². The fourth-order valence-corrected chi connectivity index (χ4v) is 3.64. The van der Waals surface area contributed by atoms with E-state index in [-0.39, 0.29) is 0 Å². The Morgan fingerprint density at radius 1 is 0.962 bits per heavy atom. The standard InChI is InChI=1S/C21H33N3O2/c1-2-3-4-5-6-7-8-12-24-18-16-20-19(25-13-14-26-20)15-17(18)23-21(24)10-9-11-22/h15-16H,2-14,22H2,1H3. The molecule has 0 fully saturated rings. The summed E-state index contributed by atoms with van der Waals surface area (Å²) in [4.78, 5) is 4.87. The van der Waals surface area contributed by atoms with Crippen molar-refractivity contribution in [3.8, 4) is 11.5 Å². The van der Waals surface area contributed by atoms with E-state index in [0.29, 0.717) is 19.8 Å². The lowest BCUT2D eigenvalue weighted by Gasteiger charge is -2.18. The van der Waals surface area contributed by atoms with Crippen molar-refractivity contribution in [2.45, 2.75) is 71.3 Å². The first-order valence-corrected chi connectivity index (χ1v) is 10.3. The summed E-state index contributed by atoms with van der Waals surface area (Å²) >= 11 is 0. The Morgan fingerprint density at radius 2 is 1.65 bits per heavy atom. The molecule has 0 bridgehead atoms. The molecule has 5 heteroatoms. The van der Waals surface area contributed by atoms with Crippen LogP contribution in [0.15, 0.2) is 12.1 Å². The Balaban J connectivity index is 1.70. The van der Waals surface area contributed by atoms with Crippen LogP contribution in [0.4, 0.5) is 0 Å². The Bertz CT molecular complexity index is 696. The van der Waals surface area contributed by atoms with Crippen LogP contribution in [0.2, 0.25) is 0 Å². The number of ether oxygens (including phenoxy) is 2. The van der Waals surface area contributed by atoms with Gasteiger partial charge in [0.05, 0.1) is 11.0 Å². The fraction of sp³-hybridized carbons (Fsp3) is 0.667. The first-order chi connectivity index (χ1) is 12.8. The molecule has 2 aromatic rings. The summed E-state index contributed by atoms with van der Waals surface area (Å²) in [5.74, 6) is 2.79. The first-order valence-electron chi connectivity index (χ1n) is 10.3. The lowest BCUT2D eigenvalue weighted by Crippen LogP contribution is -2.15. The van der Waals surface area contributed by atoms with E-state index in [4.69, 9.17) is 20.2 Å². The monoisotopic (exact) mass is 359 g/mol. The quantitative estimate of drug-likeness (QED) is 0.602. The molecule has 0 aliphatic carbocycles. The second-order valence-electron chi connectivity index (χ2n) is 7.18. The van der Waals surface area contributed by atoms with Crippen molar-refractivity contribution < 1.29 is 9.47 Å². The third-order valence-corrected chi connectivity index (χ3v) is 5.08. The maximum absolute atomic E-state index is 5.77. The number of nitrogens with two attached hydrogens (primary N) is 1. The van der Waals surface area contributed by atoms with E-state index in [9.17, 15) is 0 Å². The summed E-state index contributed by atoms with van der Waals surface area (Å²) in [6.45, 7) is 5.20. The number of hydrogen-bond acceptors (Lipinski definition) is 4. The van der Waals surface area contributed by atoms with Crippen LogP contribution in [-0.2, 0) is 13.0 Å². The number of fused-ring (bicyclic) bond motifs is 2. The van der Waals surface area contributed by atoms with Crippen molar-refractivity contribution in [3.63, 3.8) is 0 Å². The van der Waals surface area contributed by atoms with Crippen molar-refractivity contribution >= 4 is 11.0 Å². The van der Waals surface area contributed by atoms with E-state index in [1.807, 2.05) is 6.07 Å². The summed E-state index contributed by atoms with van der Waals surface area (Å²) in [5, 5.41) is 0. The maximum Gasteiger partial charge on any atom is 0.163 e. The molecule has 2 heterocycles. The van der Waals surface area contributed by atoms with Gasteiger partial charge in [-0.05, 0) is 19.4 Å². The molecule has 26 heavy (non-hydrogen) atoms. The zero-order valence-corrected chi connectivity index (χ0v) is 16.1. The average molecular weight is 360 g/mol. The molecular weight excluding hydrogens is 326 g/mol. The van der Waals surface area contributed by atoms with Gasteiger partial charge in [-0.2, -0.15) is 0 Å². The molecule has 1 aliphatic heterocycles. The second kappa shape index (κ2) is 9.81. The summed E-state index contributed by atoms with van der Waals surface area (Å²) < 4.78 is 13.9. The Kier molecular flexibility index (Phi) is 7.18. The number of benzene rings is 1. The Hall–Kier alpha value is -1.75. The van der Waals surface area contributed by atoms with Crippen molar-refractivity contribution in [1.82, 2.24) is 9.55 Å². The van der Waals surface area contributed by atoms with Gasteiger partial charge in [-0.15, -0.1) is 0 Å². The smallest absolute Gasteiger partial charge is 0.163 e. The largest absolute Gasteiger partial charge is 0.486 e. The molecule has 2 N–H and O–H groups in total. The number of hydrogen-bond donors (Lipinski definition) is 1. The van der Waals surface area contributed by atoms with E-state index in [1.165, 1.54) is 44.9 Å². The summed E-state index contributed by atoms with van der Waals surface area (Å²) in [6, 6.07) is 4.13. The lowest BCUT2D eigenvalue weighted by molar-refractivity contribution is 0.172. The molecule has 3 rings (SSSR count). The highest BCUT2D eigenvalue weighted by molar-refractivity contribution is 5.80. The minimum atomic E-state index is 0.608. The molecule has 5 nitrogen and oxygen atoms in total. The van der Waals surface area contributed by atoms with Gasteiger partial charge < -0.3 is 19.8 Å². The van der Waals surface area contributed by atoms with Crippen LogP contribution in [0.3, 0.4) is 0 Å². The maximum atomic E-state index is 5.77. The molecule has 1 aromatic carbocycles. The number of aryl methyl sites for hydroxylation is 2. The highest BCUT2D eigenvalue weighted by Gasteiger charge is 2.17. The topological polar surface area (TPSA) is 62.3 Å². The van der Waals surface area contributed by atoms with Crippen molar-refractivity contribution in [2.24, 2.45) is 5.73 Å². The van der Waals surface area contributed by atoms with Gasteiger partial charge in [-0.3, -0.25) is 0 Å². The SMILES string of the molecule is CCCCCCCCCn1c(CCCN)nc2cc3c(cc21)OCCO3. The normalized spacial score (nSPS) is 13.5. The zero-order chi connectivity index (χ0) is 18.2. The minimum absolute atomic E-state index is 0.608. The highest BCUT2D eigenvalue weighted by atomic mass is 16.6. The number of nitrogens with zero attached hydrogens (tertiary/aromatic N) is 2. The lowest BCUT2D eigenvalue weighted by atomic mass is 10.1. The van der Waals surface area contributed by atoms with E-state index < -0.39 is 0 Å². The third-order valence-electron chi connectivity index (χ3n) is 5.08. The third kappa shape index (κ3) is 4.70. The summed E-state index contributed by atoms with van der Waals surface area (Å²) in [5.41, 5.74) is 7.89. The molecular formula is C21H33N3O2. The first kappa shape index (κ1) is 19.0. The van der Waals surface area contributed by atoms with E-state index in [2.05, 4.69) is 17.6 Å². The van der Waals surface area contributed by atoms with Crippen LogP contribution in [0.25, 0.3) is 11.0 Å². The predicted octanol–water partition coefficient (Wildman–Crippen LogP) is 4.45. The van der Waals surface area contributed by atoms with Gasteiger partial charge in [0.1, 0.15) is 19.0 Å². The molecule has 0 spiro atoms. The zero-order valence-electron chi connectivity index (χ0n) is 16.1. The van der Waals surface area contributed by atoms with Gasteiger partial charge in [-0.25, -0.2) is 4.98 Å². The van der Waals surface area contributed by atoms with E-state index >= 15 is 0 Å². The second-order valence-corrected chi connectivity index (χ2v) is 7.18. The van der Waals surface area contributed by atoms with Gasteiger partial charge >= 0.3 is 0 Å². The van der Waals surface area contributed by atoms with Crippen LogP contribution < -0.4 is 15.2 Å². The summed E-state index contributed by atoms with van der Waals surface area (Å²) in [7, 11) is 0. The highest BCUT2D eigenvalue weighted by Crippen LogP contribution is 2.35.